The van der Waals surface area contributed by atoms with Gasteiger partial charge in [-0.2, -0.15) is 0 Å². The molecule has 0 saturated carbocycles. The summed E-state index contributed by atoms with van der Waals surface area (Å²) in [6.45, 7) is 0.485. The van der Waals surface area contributed by atoms with Crippen molar-refractivity contribution < 1.29 is 14.3 Å². The van der Waals surface area contributed by atoms with Gasteiger partial charge in [-0.1, -0.05) is 18.2 Å². The molecule has 1 atom stereocenters. The zero-order valence-corrected chi connectivity index (χ0v) is 11.4. The number of cyclic esters (lactones) is 1. The van der Waals surface area contributed by atoms with Gasteiger partial charge in [0.15, 0.2) is 0 Å². The molecule has 2 aromatic carbocycles. The largest absolute Gasteiger partial charge is 0.465 e. The van der Waals surface area contributed by atoms with E-state index < -0.39 is 0 Å². The molecular formula is C17H15NO3. The first-order valence-corrected chi connectivity index (χ1v) is 6.85. The lowest BCUT2D eigenvalue weighted by molar-refractivity contribution is -0.139. The Kier molecular flexibility index (Phi) is 3.96. The maximum atomic E-state index is 11.3. The van der Waals surface area contributed by atoms with Crippen molar-refractivity contribution >= 4 is 17.9 Å². The highest BCUT2D eigenvalue weighted by Crippen LogP contribution is 2.24. The molecule has 1 saturated heterocycles. The van der Waals surface area contributed by atoms with Gasteiger partial charge in [0.05, 0.1) is 18.2 Å². The van der Waals surface area contributed by atoms with Gasteiger partial charge >= 0.3 is 5.97 Å². The topological polar surface area (TPSA) is 47.9 Å². The monoisotopic (exact) mass is 281 g/mol. The van der Waals surface area contributed by atoms with E-state index in [9.17, 15) is 4.79 Å². The first-order chi connectivity index (χ1) is 10.3. The molecule has 0 aromatic heterocycles. The summed E-state index contributed by atoms with van der Waals surface area (Å²) in [5, 5.41) is 0. The Labute approximate surface area is 123 Å². The Bertz CT molecular complexity index is 635. The van der Waals surface area contributed by atoms with Crippen LogP contribution in [0.4, 0.5) is 5.69 Å². The van der Waals surface area contributed by atoms with E-state index in [0.717, 1.165) is 17.2 Å². The van der Waals surface area contributed by atoms with Crippen LogP contribution in [0, 0.1) is 5.92 Å². The van der Waals surface area contributed by atoms with Gasteiger partial charge in [-0.15, -0.1) is 0 Å². The van der Waals surface area contributed by atoms with Crippen molar-refractivity contribution in [2.24, 2.45) is 10.9 Å². The van der Waals surface area contributed by atoms with E-state index in [-0.39, 0.29) is 11.9 Å². The average molecular weight is 281 g/mol. The standard InChI is InChI=1S/C17H15NO3/c19-17-13(10-11-20-17)12-18-14-6-8-16(9-7-14)21-15-4-2-1-3-5-15/h1-9,12-13H,10-11H2. The number of carbonyl (C=O) groups is 1. The van der Waals surface area contributed by atoms with Gasteiger partial charge in [0.1, 0.15) is 11.5 Å². The van der Waals surface area contributed by atoms with E-state index in [2.05, 4.69) is 4.99 Å². The predicted molar refractivity (Wildman–Crippen MR) is 80.2 cm³/mol. The van der Waals surface area contributed by atoms with E-state index in [1.165, 1.54) is 0 Å². The van der Waals surface area contributed by atoms with Gasteiger partial charge in [-0.05, 0) is 42.8 Å². The van der Waals surface area contributed by atoms with Crippen LogP contribution in [0.2, 0.25) is 0 Å². The van der Waals surface area contributed by atoms with Gasteiger partial charge in [0, 0.05) is 6.21 Å². The maximum Gasteiger partial charge on any atom is 0.314 e. The molecule has 3 rings (SSSR count). The lowest BCUT2D eigenvalue weighted by atomic mass is 10.1. The first-order valence-electron chi connectivity index (χ1n) is 6.85. The van der Waals surface area contributed by atoms with Crippen molar-refractivity contribution in [2.75, 3.05) is 6.61 Å². The molecule has 4 nitrogen and oxygen atoms in total. The van der Waals surface area contributed by atoms with Crippen molar-refractivity contribution in [3.8, 4) is 11.5 Å². The number of hydrogen-bond donors (Lipinski definition) is 0. The van der Waals surface area contributed by atoms with Crippen LogP contribution in [0.25, 0.3) is 0 Å². The van der Waals surface area contributed by atoms with E-state index in [4.69, 9.17) is 9.47 Å². The summed E-state index contributed by atoms with van der Waals surface area (Å²) in [7, 11) is 0. The van der Waals surface area contributed by atoms with Crippen LogP contribution in [-0.4, -0.2) is 18.8 Å². The van der Waals surface area contributed by atoms with E-state index in [0.29, 0.717) is 13.0 Å². The zero-order valence-electron chi connectivity index (χ0n) is 11.4. The molecule has 1 unspecified atom stereocenters. The van der Waals surface area contributed by atoms with Crippen LogP contribution in [-0.2, 0) is 9.53 Å². The molecule has 21 heavy (non-hydrogen) atoms. The molecule has 0 N–H and O–H groups in total. The number of para-hydroxylation sites is 1. The van der Waals surface area contributed by atoms with E-state index >= 15 is 0 Å². The Balaban J connectivity index is 1.64. The summed E-state index contributed by atoms with van der Waals surface area (Å²) in [5.41, 5.74) is 0.787. The molecule has 0 bridgehead atoms. The van der Waals surface area contributed by atoms with Crippen molar-refractivity contribution in [1.29, 1.82) is 0 Å². The highest BCUT2D eigenvalue weighted by Gasteiger charge is 2.24. The summed E-state index contributed by atoms with van der Waals surface area (Å²) in [5.74, 6) is 1.14. The second kappa shape index (κ2) is 6.22. The zero-order chi connectivity index (χ0) is 14.5. The third-order valence-corrected chi connectivity index (χ3v) is 3.20. The summed E-state index contributed by atoms with van der Waals surface area (Å²) >= 11 is 0. The van der Waals surface area contributed by atoms with Gasteiger partial charge < -0.3 is 9.47 Å². The van der Waals surface area contributed by atoms with Crippen LogP contribution in [0.3, 0.4) is 0 Å². The Hall–Kier alpha value is -2.62. The van der Waals surface area contributed by atoms with Gasteiger partial charge in [-0.25, -0.2) is 0 Å². The summed E-state index contributed by atoms with van der Waals surface area (Å²) in [6.07, 6.45) is 2.36. The fourth-order valence-electron chi connectivity index (χ4n) is 2.05. The number of aliphatic imine (C=N–C) groups is 1. The minimum absolute atomic E-state index is 0.192. The quantitative estimate of drug-likeness (QED) is 0.633. The number of ether oxygens (including phenoxy) is 2. The Morgan fingerprint density at radius 2 is 1.76 bits per heavy atom. The van der Waals surface area contributed by atoms with Crippen molar-refractivity contribution in [3.63, 3.8) is 0 Å². The van der Waals surface area contributed by atoms with E-state index in [1.54, 1.807) is 6.21 Å². The average Bonchev–Trinajstić information content (AvgIpc) is 2.93. The van der Waals surface area contributed by atoms with Crippen molar-refractivity contribution in [3.05, 3.63) is 54.6 Å². The fourth-order valence-corrected chi connectivity index (χ4v) is 2.05. The summed E-state index contributed by atoms with van der Waals surface area (Å²) in [4.78, 5) is 15.6. The molecule has 0 radical (unpaired) electrons. The highest BCUT2D eigenvalue weighted by molar-refractivity contribution is 5.91. The molecular weight excluding hydrogens is 266 g/mol. The SMILES string of the molecule is O=C1OCCC1C=Nc1ccc(Oc2ccccc2)cc1. The van der Waals surface area contributed by atoms with Crippen LogP contribution in [0.5, 0.6) is 11.5 Å². The molecule has 2 aromatic rings. The van der Waals surface area contributed by atoms with Crippen LogP contribution in [0.1, 0.15) is 6.42 Å². The lowest BCUT2D eigenvalue weighted by Gasteiger charge is -2.05. The molecule has 1 heterocycles. The molecule has 0 spiro atoms. The van der Waals surface area contributed by atoms with Crippen molar-refractivity contribution in [2.45, 2.75) is 6.42 Å². The molecule has 1 aliphatic heterocycles. The number of esters is 1. The number of carbonyl (C=O) groups excluding carboxylic acids is 1. The Morgan fingerprint density at radius 1 is 1.05 bits per heavy atom. The second-order valence-corrected chi connectivity index (χ2v) is 4.75. The van der Waals surface area contributed by atoms with E-state index in [1.807, 2.05) is 54.6 Å². The third-order valence-electron chi connectivity index (χ3n) is 3.20. The van der Waals surface area contributed by atoms with Crippen LogP contribution < -0.4 is 4.74 Å². The molecule has 4 heteroatoms. The molecule has 106 valence electrons. The summed E-state index contributed by atoms with van der Waals surface area (Å²) < 4.78 is 10.6. The van der Waals surface area contributed by atoms with Crippen LogP contribution >= 0.6 is 0 Å². The molecule has 1 aliphatic rings. The fraction of sp³-hybridized carbons (Fsp3) is 0.176. The summed E-state index contributed by atoms with van der Waals surface area (Å²) in [6, 6.07) is 17.0. The second-order valence-electron chi connectivity index (χ2n) is 4.75. The highest BCUT2D eigenvalue weighted by atomic mass is 16.5. The minimum atomic E-state index is -0.217. The molecule has 0 amide bonds. The number of nitrogens with zero attached hydrogens (tertiary/aromatic N) is 1. The van der Waals surface area contributed by atoms with Gasteiger partial charge in [-0.3, -0.25) is 9.79 Å². The maximum absolute atomic E-state index is 11.3. The minimum Gasteiger partial charge on any atom is -0.465 e. The van der Waals surface area contributed by atoms with Gasteiger partial charge in [0.25, 0.3) is 0 Å². The Morgan fingerprint density at radius 3 is 2.43 bits per heavy atom. The molecule has 0 aliphatic carbocycles. The number of benzene rings is 2. The predicted octanol–water partition coefficient (Wildman–Crippen LogP) is 3.74. The van der Waals surface area contributed by atoms with Gasteiger partial charge in [0.2, 0.25) is 0 Å². The molecule has 1 fully saturated rings. The lowest BCUT2D eigenvalue weighted by Crippen LogP contribution is -2.08. The third kappa shape index (κ3) is 3.48. The number of hydrogen-bond acceptors (Lipinski definition) is 4. The van der Waals surface area contributed by atoms with Crippen molar-refractivity contribution in [1.82, 2.24) is 0 Å². The first kappa shape index (κ1) is 13.4. The smallest absolute Gasteiger partial charge is 0.314 e. The van der Waals surface area contributed by atoms with Crippen LogP contribution in [0.15, 0.2) is 59.6 Å². The normalized spacial score (nSPS) is 17.9. The number of rotatable bonds is 4.